The van der Waals surface area contributed by atoms with Gasteiger partial charge in [-0.2, -0.15) is 0 Å². The van der Waals surface area contributed by atoms with Crippen LogP contribution < -0.4 is 0 Å². The van der Waals surface area contributed by atoms with Crippen molar-refractivity contribution in [3.63, 3.8) is 0 Å². The maximum absolute atomic E-state index is 9.63. The summed E-state index contributed by atoms with van der Waals surface area (Å²) in [7, 11) is 0. The quantitative estimate of drug-likeness (QED) is 0.641. The van der Waals surface area contributed by atoms with Gasteiger partial charge >= 0.3 is 0 Å². The summed E-state index contributed by atoms with van der Waals surface area (Å²) in [4.78, 5) is 0. The third kappa shape index (κ3) is 1.34. The zero-order valence-corrected chi connectivity index (χ0v) is 7.06. The molecule has 0 spiro atoms. The molecule has 10 heavy (non-hydrogen) atoms. The number of hydrogen-bond acceptors (Lipinski definition) is 1. The maximum atomic E-state index is 9.63. The fourth-order valence-electron chi connectivity index (χ4n) is 1.69. The predicted octanol–water partition coefficient (Wildman–Crippen LogP) is 2.34. The fourth-order valence-corrected chi connectivity index (χ4v) is 1.69. The molecule has 0 bridgehead atoms. The van der Waals surface area contributed by atoms with Crippen LogP contribution in [0, 0.1) is 5.41 Å². The molecule has 0 aromatic carbocycles. The van der Waals surface area contributed by atoms with E-state index in [-0.39, 0.29) is 11.5 Å². The Hall–Kier alpha value is -0.0400. The fraction of sp³-hybridized carbons (Fsp3) is 1.00. The second-order valence-electron chi connectivity index (χ2n) is 3.81. The molecule has 1 fully saturated rings. The molecule has 60 valence electrons. The summed E-state index contributed by atoms with van der Waals surface area (Å²) >= 11 is 0. The zero-order chi connectivity index (χ0) is 7.61. The van der Waals surface area contributed by atoms with Crippen molar-refractivity contribution < 1.29 is 5.11 Å². The molecule has 1 rings (SSSR count). The van der Waals surface area contributed by atoms with Crippen LogP contribution in [0.25, 0.3) is 0 Å². The molecule has 0 saturated heterocycles. The Morgan fingerprint density at radius 2 is 2.10 bits per heavy atom. The molecule has 1 aliphatic rings. The average molecular weight is 142 g/mol. The van der Waals surface area contributed by atoms with Gasteiger partial charge in [0, 0.05) is 0 Å². The maximum Gasteiger partial charge on any atom is 0.0593 e. The van der Waals surface area contributed by atoms with Crippen molar-refractivity contribution in [2.45, 2.75) is 52.1 Å². The Kier molecular flexibility index (Phi) is 2.35. The van der Waals surface area contributed by atoms with Gasteiger partial charge in [-0.1, -0.05) is 26.7 Å². The number of aliphatic hydroxyl groups excluding tert-OH is 1. The lowest BCUT2D eigenvalue weighted by Crippen LogP contribution is -2.38. The van der Waals surface area contributed by atoms with Crippen LogP contribution in [0.2, 0.25) is 0 Å². The van der Waals surface area contributed by atoms with Crippen molar-refractivity contribution in [2.75, 3.05) is 0 Å². The van der Waals surface area contributed by atoms with Gasteiger partial charge < -0.3 is 5.11 Å². The van der Waals surface area contributed by atoms with Crippen molar-refractivity contribution in [3.8, 4) is 0 Å². The predicted molar refractivity (Wildman–Crippen MR) is 42.9 cm³/mol. The summed E-state index contributed by atoms with van der Waals surface area (Å²) in [5.74, 6) is 0. The molecule has 1 N–H and O–H groups in total. The van der Waals surface area contributed by atoms with E-state index in [1.165, 1.54) is 19.3 Å². The highest BCUT2D eigenvalue weighted by Gasteiger charge is 2.37. The van der Waals surface area contributed by atoms with Crippen LogP contribution in [0.1, 0.15) is 46.0 Å². The number of rotatable bonds is 3. The molecule has 0 aromatic heterocycles. The van der Waals surface area contributed by atoms with E-state index in [9.17, 15) is 5.11 Å². The van der Waals surface area contributed by atoms with Crippen LogP contribution >= 0.6 is 0 Å². The van der Waals surface area contributed by atoms with Crippen molar-refractivity contribution in [2.24, 2.45) is 5.41 Å². The Morgan fingerprint density at radius 1 is 1.50 bits per heavy atom. The summed E-state index contributed by atoms with van der Waals surface area (Å²) in [5.41, 5.74) is 0.288. The van der Waals surface area contributed by atoms with Gasteiger partial charge in [-0.15, -0.1) is 0 Å². The largest absolute Gasteiger partial charge is 0.393 e. The molecular formula is C9H18O. The Morgan fingerprint density at radius 3 is 2.40 bits per heavy atom. The molecule has 1 atom stereocenters. The molecule has 1 heteroatoms. The third-order valence-electron chi connectivity index (χ3n) is 2.86. The number of hydrogen-bond donors (Lipinski definition) is 1. The van der Waals surface area contributed by atoms with E-state index >= 15 is 0 Å². The SMILES string of the molecule is CCC[C@@H](O)C1(C)CCC1. The van der Waals surface area contributed by atoms with E-state index in [0.29, 0.717) is 0 Å². The average Bonchev–Trinajstić information content (AvgIpc) is 1.83. The summed E-state index contributed by atoms with van der Waals surface area (Å²) < 4.78 is 0. The minimum absolute atomic E-state index is 0.0359. The van der Waals surface area contributed by atoms with Crippen molar-refractivity contribution >= 4 is 0 Å². The third-order valence-corrected chi connectivity index (χ3v) is 2.86. The molecule has 0 radical (unpaired) electrons. The normalized spacial score (nSPS) is 25.5. The molecule has 0 heterocycles. The van der Waals surface area contributed by atoms with E-state index < -0.39 is 0 Å². The topological polar surface area (TPSA) is 20.2 Å². The van der Waals surface area contributed by atoms with Crippen LogP contribution in [0.3, 0.4) is 0 Å². The van der Waals surface area contributed by atoms with Gasteiger partial charge in [0.15, 0.2) is 0 Å². The molecule has 1 saturated carbocycles. The first-order chi connectivity index (χ1) is 4.69. The molecule has 0 aliphatic heterocycles. The molecule has 0 aromatic rings. The first-order valence-corrected chi connectivity index (χ1v) is 4.37. The summed E-state index contributed by atoms with van der Waals surface area (Å²) in [6.45, 7) is 4.34. The molecule has 0 amide bonds. The lowest BCUT2D eigenvalue weighted by molar-refractivity contribution is -0.0250. The highest BCUT2D eigenvalue weighted by Crippen LogP contribution is 2.44. The van der Waals surface area contributed by atoms with Gasteiger partial charge in [-0.3, -0.25) is 0 Å². The smallest absolute Gasteiger partial charge is 0.0593 e. The highest BCUT2D eigenvalue weighted by molar-refractivity contribution is 4.89. The second-order valence-corrected chi connectivity index (χ2v) is 3.81. The Balaban J connectivity index is 2.31. The molecule has 0 unspecified atom stereocenters. The zero-order valence-electron chi connectivity index (χ0n) is 7.06. The van der Waals surface area contributed by atoms with Gasteiger partial charge in [0.25, 0.3) is 0 Å². The summed E-state index contributed by atoms with van der Waals surface area (Å²) in [5, 5.41) is 9.63. The van der Waals surface area contributed by atoms with Crippen molar-refractivity contribution in [1.82, 2.24) is 0 Å². The molecule has 1 aliphatic carbocycles. The molecular weight excluding hydrogens is 124 g/mol. The van der Waals surface area contributed by atoms with Gasteiger partial charge in [0.2, 0.25) is 0 Å². The monoisotopic (exact) mass is 142 g/mol. The van der Waals surface area contributed by atoms with E-state index in [2.05, 4.69) is 13.8 Å². The minimum atomic E-state index is -0.0359. The van der Waals surface area contributed by atoms with Gasteiger partial charge in [-0.05, 0) is 24.7 Å². The first-order valence-electron chi connectivity index (χ1n) is 4.37. The van der Waals surface area contributed by atoms with Crippen molar-refractivity contribution in [1.29, 1.82) is 0 Å². The van der Waals surface area contributed by atoms with Gasteiger partial charge in [-0.25, -0.2) is 0 Å². The highest BCUT2D eigenvalue weighted by atomic mass is 16.3. The number of aliphatic hydroxyl groups is 1. The summed E-state index contributed by atoms with van der Waals surface area (Å²) in [6, 6.07) is 0. The van der Waals surface area contributed by atoms with E-state index in [0.717, 1.165) is 12.8 Å². The first kappa shape index (κ1) is 8.06. The molecule has 1 nitrogen and oxygen atoms in total. The lowest BCUT2D eigenvalue weighted by atomic mass is 9.66. The Bertz CT molecular complexity index is 105. The van der Waals surface area contributed by atoms with Crippen molar-refractivity contribution in [3.05, 3.63) is 0 Å². The lowest BCUT2D eigenvalue weighted by Gasteiger charge is -2.42. The minimum Gasteiger partial charge on any atom is -0.393 e. The van der Waals surface area contributed by atoms with Gasteiger partial charge in [0.1, 0.15) is 0 Å². The second kappa shape index (κ2) is 2.91. The van der Waals surface area contributed by atoms with Crippen LogP contribution in [0.15, 0.2) is 0 Å². The van der Waals surface area contributed by atoms with Gasteiger partial charge in [0.05, 0.1) is 6.10 Å². The van der Waals surface area contributed by atoms with Crippen LogP contribution in [0.4, 0.5) is 0 Å². The Labute approximate surface area is 63.4 Å². The van der Waals surface area contributed by atoms with Crippen LogP contribution in [-0.4, -0.2) is 11.2 Å². The summed E-state index contributed by atoms with van der Waals surface area (Å²) in [6.07, 6.45) is 5.83. The van der Waals surface area contributed by atoms with E-state index in [1.807, 2.05) is 0 Å². The van der Waals surface area contributed by atoms with Crippen LogP contribution in [0.5, 0.6) is 0 Å². The standard InChI is InChI=1S/C9H18O/c1-3-5-8(10)9(2)6-4-7-9/h8,10H,3-7H2,1-2H3/t8-/m1/s1. The van der Waals surface area contributed by atoms with E-state index in [4.69, 9.17) is 0 Å². The van der Waals surface area contributed by atoms with Crippen LogP contribution in [-0.2, 0) is 0 Å². The van der Waals surface area contributed by atoms with E-state index in [1.54, 1.807) is 0 Å².